The lowest BCUT2D eigenvalue weighted by molar-refractivity contribution is -0.384. The Bertz CT molecular complexity index is 996. The van der Waals surface area contributed by atoms with E-state index in [-0.39, 0.29) is 11.6 Å². The summed E-state index contributed by atoms with van der Waals surface area (Å²) in [6.07, 6.45) is 3.02. The molecule has 0 saturated carbocycles. The van der Waals surface area contributed by atoms with E-state index < -0.39 is 4.92 Å². The molecule has 0 radical (unpaired) electrons. The molecule has 7 nitrogen and oxygen atoms in total. The van der Waals surface area contributed by atoms with Crippen LogP contribution in [0.25, 0.3) is 16.3 Å². The summed E-state index contributed by atoms with van der Waals surface area (Å²) in [7, 11) is 3.89. The summed E-state index contributed by atoms with van der Waals surface area (Å²) < 4.78 is 1.02. The molecule has 0 unspecified atom stereocenters. The van der Waals surface area contributed by atoms with Gasteiger partial charge in [0.05, 0.1) is 15.1 Å². The minimum absolute atomic E-state index is 0.00904. The van der Waals surface area contributed by atoms with Crippen molar-refractivity contribution < 1.29 is 9.72 Å². The van der Waals surface area contributed by atoms with E-state index >= 15 is 0 Å². The summed E-state index contributed by atoms with van der Waals surface area (Å²) >= 11 is 1.47. The molecule has 1 amide bonds. The van der Waals surface area contributed by atoms with Crippen molar-refractivity contribution in [1.29, 1.82) is 0 Å². The lowest BCUT2D eigenvalue weighted by atomic mass is 10.2. The first-order chi connectivity index (χ1) is 13.4. The van der Waals surface area contributed by atoms with Crippen LogP contribution >= 0.6 is 11.3 Å². The molecule has 3 aromatic rings. The van der Waals surface area contributed by atoms with Gasteiger partial charge in [-0.25, -0.2) is 4.98 Å². The molecule has 0 N–H and O–H groups in total. The van der Waals surface area contributed by atoms with Crippen LogP contribution in [-0.2, 0) is 4.79 Å². The maximum atomic E-state index is 12.9. The Morgan fingerprint density at radius 1 is 1.18 bits per heavy atom. The van der Waals surface area contributed by atoms with Gasteiger partial charge >= 0.3 is 0 Å². The highest BCUT2D eigenvalue weighted by Crippen LogP contribution is 2.28. The summed E-state index contributed by atoms with van der Waals surface area (Å²) in [6, 6.07) is 13.9. The highest BCUT2D eigenvalue weighted by atomic mass is 32.1. The maximum Gasteiger partial charge on any atom is 0.270 e. The number of thiazole rings is 1. The lowest BCUT2D eigenvalue weighted by Crippen LogP contribution is -2.35. The van der Waals surface area contributed by atoms with E-state index in [1.807, 2.05) is 43.3 Å². The second-order valence-electron chi connectivity index (χ2n) is 6.44. The highest BCUT2D eigenvalue weighted by molar-refractivity contribution is 7.22. The van der Waals surface area contributed by atoms with Gasteiger partial charge in [0.25, 0.3) is 11.6 Å². The normalized spacial score (nSPS) is 11.4. The number of para-hydroxylation sites is 1. The van der Waals surface area contributed by atoms with E-state index in [1.54, 1.807) is 23.1 Å². The number of aromatic nitrogens is 1. The second kappa shape index (κ2) is 8.73. The number of benzene rings is 2. The Labute approximate surface area is 166 Å². The fourth-order valence-electron chi connectivity index (χ4n) is 2.58. The first-order valence-electron chi connectivity index (χ1n) is 8.68. The number of hydrogen-bond acceptors (Lipinski definition) is 6. The first-order valence-corrected chi connectivity index (χ1v) is 9.50. The number of likely N-dealkylation sites (N-methyl/N-ethyl adjacent to an activating group) is 1. The Morgan fingerprint density at radius 3 is 2.68 bits per heavy atom. The predicted octanol–water partition coefficient (Wildman–Crippen LogP) is 3.81. The molecule has 3 rings (SSSR count). The molecule has 0 fully saturated rings. The minimum atomic E-state index is -0.455. The highest BCUT2D eigenvalue weighted by Gasteiger charge is 2.18. The summed E-state index contributed by atoms with van der Waals surface area (Å²) in [5.41, 5.74) is 1.44. The monoisotopic (exact) mass is 396 g/mol. The van der Waals surface area contributed by atoms with Gasteiger partial charge in [-0.3, -0.25) is 19.8 Å². The SMILES string of the molecule is CN(C)CCN(C(=O)C=Cc1cccc([N+](=O)[O-])c1)c1nc2ccccc2s1. The van der Waals surface area contributed by atoms with Crippen LogP contribution in [0.3, 0.4) is 0 Å². The van der Waals surface area contributed by atoms with Crippen molar-refractivity contribution in [2.24, 2.45) is 0 Å². The number of non-ortho nitro benzene ring substituents is 1. The zero-order valence-electron chi connectivity index (χ0n) is 15.6. The van der Waals surface area contributed by atoms with Gasteiger partial charge in [0, 0.05) is 31.3 Å². The number of hydrogen-bond donors (Lipinski definition) is 0. The third-order valence-corrected chi connectivity index (χ3v) is 5.11. The predicted molar refractivity (Wildman–Crippen MR) is 113 cm³/mol. The summed E-state index contributed by atoms with van der Waals surface area (Å²) in [5, 5.41) is 11.5. The van der Waals surface area contributed by atoms with Crippen molar-refractivity contribution in [1.82, 2.24) is 9.88 Å². The molecule has 0 aliphatic rings. The summed E-state index contributed by atoms with van der Waals surface area (Å²) in [5.74, 6) is -0.215. The molecule has 0 saturated heterocycles. The van der Waals surface area contributed by atoms with E-state index in [0.717, 1.165) is 10.2 Å². The van der Waals surface area contributed by atoms with Crippen LogP contribution in [0.4, 0.5) is 10.8 Å². The number of fused-ring (bicyclic) bond motifs is 1. The topological polar surface area (TPSA) is 79.6 Å². The van der Waals surface area contributed by atoms with Crippen LogP contribution in [0, 0.1) is 10.1 Å². The lowest BCUT2D eigenvalue weighted by Gasteiger charge is -2.20. The molecular formula is C20H20N4O3S. The molecule has 0 spiro atoms. The van der Waals surface area contributed by atoms with E-state index in [4.69, 9.17) is 0 Å². The molecule has 0 atom stereocenters. The van der Waals surface area contributed by atoms with Crippen LogP contribution in [0.15, 0.2) is 54.6 Å². The Balaban J connectivity index is 1.85. The van der Waals surface area contributed by atoms with Gasteiger partial charge in [0.1, 0.15) is 0 Å². The second-order valence-corrected chi connectivity index (χ2v) is 7.45. The number of anilines is 1. The van der Waals surface area contributed by atoms with Crippen LogP contribution in [-0.4, -0.2) is 47.9 Å². The van der Waals surface area contributed by atoms with Gasteiger partial charge in [0.2, 0.25) is 0 Å². The molecule has 1 aromatic heterocycles. The molecule has 0 bridgehead atoms. The average Bonchev–Trinajstić information content (AvgIpc) is 3.10. The van der Waals surface area contributed by atoms with Gasteiger partial charge in [-0.2, -0.15) is 0 Å². The molecule has 0 aliphatic carbocycles. The third-order valence-electron chi connectivity index (χ3n) is 4.05. The van der Waals surface area contributed by atoms with Crippen molar-refractivity contribution in [2.45, 2.75) is 0 Å². The fourth-order valence-corrected chi connectivity index (χ4v) is 3.57. The van der Waals surface area contributed by atoms with E-state index in [2.05, 4.69) is 4.98 Å². The maximum absolute atomic E-state index is 12.9. The fraction of sp³-hybridized carbons (Fsp3) is 0.200. The van der Waals surface area contributed by atoms with Crippen molar-refractivity contribution in [3.05, 3.63) is 70.3 Å². The number of nitrogens with zero attached hydrogens (tertiary/aromatic N) is 4. The van der Waals surface area contributed by atoms with Crippen molar-refractivity contribution in [2.75, 3.05) is 32.1 Å². The molecule has 1 heterocycles. The first kappa shape index (κ1) is 19.7. The van der Waals surface area contributed by atoms with Crippen LogP contribution in [0.2, 0.25) is 0 Å². The Hall–Kier alpha value is -3.10. The molecule has 8 heteroatoms. The number of nitro groups is 1. The van der Waals surface area contributed by atoms with Gasteiger partial charge in [-0.1, -0.05) is 35.6 Å². The largest absolute Gasteiger partial charge is 0.308 e. The van der Waals surface area contributed by atoms with E-state index in [9.17, 15) is 14.9 Å². The number of nitro benzene ring substituents is 1. The quantitative estimate of drug-likeness (QED) is 0.345. The van der Waals surface area contributed by atoms with E-state index in [0.29, 0.717) is 23.8 Å². The minimum Gasteiger partial charge on any atom is -0.308 e. The standard InChI is InChI=1S/C20H20N4O3S/c1-22(2)12-13-23(20-21-17-8-3-4-9-18(17)28-20)19(25)11-10-15-6-5-7-16(14-15)24(26)27/h3-11,14H,12-13H2,1-2H3. The van der Waals surface area contributed by atoms with Crippen molar-refractivity contribution in [3.8, 4) is 0 Å². The smallest absolute Gasteiger partial charge is 0.270 e. The number of carbonyl (C=O) groups is 1. The Kier molecular flexibility index (Phi) is 6.13. The van der Waals surface area contributed by atoms with Crippen molar-refractivity contribution in [3.63, 3.8) is 0 Å². The molecule has 144 valence electrons. The number of carbonyl (C=O) groups excluding carboxylic acids is 1. The van der Waals surface area contributed by atoms with Gasteiger partial charge in [-0.05, 0) is 37.9 Å². The van der Waals surface area contributed by atoms with Gasteiger partial charge in [0.15, 0.2) is 5.13 Å². The van der Waals surface area contributed by atoms with Crippen LogP contribution < -0.4 is 4.90 Å². The molecule has 2 aromatic carbocycles. The average molecular weight is 396 g/mol. The Morgan fingerprint density at radius 2 is 1.96 bits per heavy atom. The molecular weight excluding hydrogens is 376 g/mol. The summed E-state index contributed by atoms with van der Waals surface area (Å²) in [4.78, 5) is 31.6. The van der Waals surface area contributed by atoms with Crippen LogP contribution in [0.1, 0.15) is 5.56 Å². The number of rotatable bonds is 7. The zero-order valence-corrected chi connectivity index (χ0v) is 16.4. The molecule has 28 heavy (non-hydrogen) atoms. The zero-order chi connectivity index (χ0) is 20.1. The number of amides is 1. The van der Waals surface area contributed by atoms with E-state index in [1.165, 1.54) is 29.5 Å². The van der Waals surface area contributed by atoms with Crippen LogP contribution in [0.5, 0.6) is 0 Å². The van der Waals surface area contributed by atoms with Gasteiger partial charge in [-0.15, -0.1) is 0 Å². The summed E-state index contributed by atoms with van der Waals surface area (Å²) in [6.45, 7) is 1.18. The third kappa shape index (κ3) is 4.79. The van der Waals surface area contributed by atoms with Crippen molar-refractivity contribution >= 4 is 44.4 Å². The van der Waals surface area contributed by atoms with Gasteiger partial charge < -0.3 is 4.90 Å². The molecule has 0 aliphatic heterocycles.